The standard InChI is InChI=1S/C13H21N3/c1-13(2,3)12-10-8-16-6-4-9(5-7-16)11(10)14-15-12/h9H,4-8H2,1-3H3,(H,14,15). The predicted octanol–water partition coefficient (Wildman–Crippen LogP) is 2.40. The summed E-state index contributed by atoms with van der Waals surface area (Å²) in [6.07, 6.45) is 2.61. The molecule has 0 unspecified atom stereocenters. The van der Waals surface area contributed by atoms with Crippen LogP contribution in [0.2, 0.25) is 0 Å². The monoisotopic (exact) mass is 219 g/mol. The zero-order chi connectivity index (χ0) is 11.3. The van der Waals surface area contributed by atoms with Crippen LogP contribution in [0.1, 0.15) is 56.5 Å². The van der Waals surface area contributed by atoms with E-state index >= 15 is 0 Å². The third kappa shape index (κ3) is 1.49. The summed E-state index contributed by atoms with van der Waals surface area (Å²) in [4.78, 5) is 2.58. The van der Waals surface area contributed by atoms with E-state index < -0.39 is 0 Å². The fourth-order valence-electron chi connectivity index (χ4n) is 3.10. The number of aromatic nitrogens is 2. The number of piperidine rings is 1. The van der Waals surface area contributed by atoms with E-state index in [4.69, 9.17) is 0 Å². The van der Waals surface area contributed by atoms with Crippen LogP contribution < -0.4 is 0 Å². The predicted molar refractivity (Wildman–Crippen MR) is 64.5 cm³/mol. The number of hydrogen-bond acceptors (Lipinski definition) is 2. The van der Waals surface area contributed by atoms with E-state index in [-0.39, 0.29) is 5.41 Å². The molecule has 0 spiro atoms. The Morgan fingerprint density at radius 1 is 1.25 bits per heavy atom. The van der Waals surface area contributed by atoms with Gasteiger partial charge in [0.25, 0.3) is 0 Å². The van der Waals surface area contributed by atoms with Gasteiger partial charge >= 0.3 is 0 Å². The topological polar surface area (TPSA) is 31.9 Å². The van der Waals surface area contributed by atoms with E-state index in [1.54, 1.807) is 0 Å². The van der Waals surface area contributed by atoms with Gasteiger partial charge in [-0.25, -0.2) is 0 Å². The summed E-state index contributed by atoms with van der Waals surface area (Å²) in [5, 5.41) is 7.90. The number of hydrogen-bond donors (Lipinski definition) is 1. The van der Waals surface area contributed by atoms with Gasteiger partial charge < -0.3 is 0 Å². The Hall–Kier alpha value is -0.830. The van der Waals surface area contributed by atoms with Gasteiger partial charge in [-0.15, -0.1) is 0 Å². The molecule has 1 N–H and O–H groups in total. The summed E-state index contributed by atoms with van der Waals surface area (Å²) in [5.41, 5.74) is 4.37. The lowest BCUT2D eigenvalue weighted by atomic mass is 9.87. The van der Waals surface area contributed by atoms with Gasteiger partial charge in [-0.2, -0.15) is 5.10 Å². The molecule has 3 heteroatoms. The van der Waals surface area contributed by atoms with Gasteiger partial charge in [0.2, 0.25) is 0 Å². The summed E-state index contributed by atoms with van der Waals surface area (Å²) in [6, 6.07) is 0. The molecule has 0 amide bonds. The van der Waals surface area contributed by atoms with Crippen LogP contribution in [-0.4, -0.2) is 28.2 Å². The lowest BCUT2D eigenvalue weighted by Crippen LogP contribution is -2.29. The molecule has 0 aliphatic carbocycles. The lowest BCUT2D eigenvalue weighted by molar-refractivity contribution is 0.218. The third-order valence-corrected chi connectivity index (χ3v) is 3.99. The Morgan fingerprint density at radius 3 is 2.56 bits per heavy atom. The Balaban J connectivity index is 2.08. The summed E-state index contributed by atoms with van der Waals surface area (Å²) in [6.45, 7) is 10.4. The fraction of sp³-hybridized carbons (Fsp3) is 0.769. The van der Waals surface area contributed by atoms with Gasteiger partial charge in [0.05, 0.1) is 5.69 Å². The molecular weight excluding hydrogens is 198 g/mol. The molecule has 0 radical (unpaired) electrons. The summed E-state index contributed by atoms with van der Waals surface area (Å²) < 4.78 is 0. The van der Waals surface area contributed by atoms with Crippen LogP contribution in [0.5, 0.6) is 0 Å². The van der Waals surface area contributed by atoms with Crippen LogP contribution in [0.15, 0.2) is 0 Å². The minimum Gasteiger partial charge on any atom is -0.299 e. The van der Waals surface area contributed by atoms with Crippen molar-refractivity contribution >= 4 is 0 Å². The van der Waals surface area contributed by atoms with E-state index in [0.717, 1.165) is 12.5 Å². The van der Waals surface area contributed by atoms with Crippen molar-refractivity contribution in [3.8, 4) is 0 Å². The largest absolute Gasteiger partial charge is 0.299 e. The highest BCUT2D eigenvalue weighted by molar-refractivity contribution is 5.34. The molecule has 16 heavy (non-hydrogen) atoms. The molecule has 1 aromatic rings. The number of aromatic amines is 1. The zero-order valence-electron chi connectivity index (χ0n) is 10.5. The zero-order valence-corrected chi connectivity index (χ0v) is 10.5. The maximum Gasteiger partial charge on any atom is 0.0723 e. The molecule has 88 valence electrons. The highest BCUT2D eigenvalue weighted by atomic mass is 15.2. The molecule has 1 fully saturated rings. The minimum absolute atomic E-state index is 0.162. The Bertz CT molecular complexity index is 392. The van der Waals surface area contributed by atoms with Crippen molar-refractivity contribution < 1.29 is 0 Å². The molecule has 1 saturated heterocycles. The molecule has 4 rings (SSSR count). The molecule has 3 nitrogen and oxygen atoms in total. The highest BCUT2D eigenvalue weighted by Gasteiger charge is 2.33. The molecule has 4 heterocycles. The van der Waals surface area contributed by atoms with Crippen molar-refractivity contribution in [3.05, 3.63) is 17.0 Å². The first kappa shape index (κ1) is 10.3. The van der Waals surface area contributed by atoms with Crippen LogP contribution in [0.25, 0.3) is 0 Å². The van der Waals surface area contributed by atoms with Gasteiger partial charge in [-0.3, -0.25) is 10.00 Å². The fourth-order valence-corrected chi connectivity index (χ4v) is 3.10. The van der Waals surface area contributed by atoms with Crippen LogP contribution in [0.4, 0.5) is 0 Å². The van der Waals surface area contributed by atoms with Gasteiger partial charge in [-0.1, -0.05) is 20.8 Å². The van der Waals surface area contributed by atoms with Crippen molar-refractivity contribution in [2.24, 2.45) is 0 Å². The molecule has 3 aliphatic heterocycles. The van der Waals surface area contributed by atoms with Gasteiger partial charge in [0, 0.05) is 29.1 Å². The van der Waals surface area contributed by atoms with E-state index in [2.05, 4.69) is 35.9 Å². The molecular formula is C13H21N3. The van der Waals surface area contributed by atoms with Crippen LogP contribution in [0, 0.1) is 0 Å². The number of fused-ring (bicyclic) bond motifs is 2. The van der Waals surface area contributed by atoms with Crippen molar-refractivity contribution in [2.45, 2.75) is 51.5 Å². The quantitative estimate of drug-likeness (QED) is 0.726. The van der Waals surface area contributed by atoms with Crippen LogP contribution in [0.3, 0.4) is 0 Å². The van der Waals surface area contributed by atoms with E-state index in [1.165, 1.54) is 42.9 Å². The molecule has 0 aromatic carbocycles. The normalized spacial score (nSPS) is 28.9. The van der Waals surface area contributed by atoms with Crippen LogP contribution >= 0.6 is 0 Å². The maximum atomic E-state index is 4.58. The molecule has 2 bridgehead atoms. The van der Waals surface area contributed by atoms with Crippen molar-refractivity contribution in [1.82, 2.24) is 15.1 Å². The van der Waals surface area contributed by atoms with E-state index in [9.17, 15) is 0 Å². The first-order chi connectivity index (χ1) is 7.55. The Morgan fingerprint density at radius 2 is 1.94 bits per heavy atom. The number of H-pyrrole nitrogens is 1. The van der Waals surface area contributed by atoms with Gasteiger partial charge in [-0.05, 0) is 25.9 Å². The lowest BCUT2D eigenvalue weighted by Gasteiger charge is -2.26. The first-order valence-electron chi connectivity index (χ1n) is 6.35. The molecule has 0 saturated carbocycles. The minimum atomic E-state index is 0.162. The second-order valence-corrected chi connectivity index (χ2v) is 6.26. The molecule has 3 aliphatic rings. The van der Waals surface area contributed by atoms with E-state index in [0.29, 0.717) is 0 Å². The molecule has 0 atom stereocenters. The number of rotatable bonds is 0. The van der Waals surface area contributed by atoms with Crippen LogP contribution in [-0.2, 0) is 12.0 Å². The average Bonchev–Trinajstić information content (AvgIpc) is 2.49. The summed E-state index contributed by atoms with van der Waals surface area (Å²) in [7, 11) is 0. The summed E-state index contributed by atoms with van der Waals surface area (Å²) in [5.74, 6) is 0.734. The highest BCUT2D eigenvalue weighted by Crippen LogP contribution is 2.38. The van der Waals surface area contributed by atoms with Gasteiger partial charge in [0.15, 0.2) is 0 Å². The second-order valence-electron chi connectivity index (χ2n) is 6.26. The maximum absolute atomic E-state index is 4.58. The van der Waals surface area contributed by atoms with Crippen molar-refractivity contribution in [1.29, 1.82) is 0 Å². The first-order valence-corrected chi connectivity index (χ1v) is 6.35. The Labute approximate surface area is 97.2 Å². The SMILES string of the molecule is CC(C)(C)c1n[nH]c2c1CN1CCC2CC1. The summed E-state index contributed by atoms with van der Waals surface area (Å²) >= 11 is 0. The van der Waals surface area contributed by atoms with Crippen molar-refractivity contribution in [2.75, 3.05) is 13.1 Å². The van der Waals surface area contributed by atoms with Gasteiger partial charge in [0.1, 0.15) is 0 Å². The number of nitrogens with zero attached hydrogens (tertiary/aromatic N) is 2. The Kier molecular flexibility index (Phi) is 2.15. The second kappa shape index (κ2) is 3.33. The molecule has 1 aromatic heterocycles. The van der Waals surface area contributed by atoms with Crippen molar-refractivity contribution in [3.63, 3.8) is 0 Å². The third-order valence-electron chi connectivity index (χ3n) is 3.99. The number of nitrogens with one attached hydrogen (secondary N) is 1. The smallest absolute Gasteiger partial charge is 0.0723 e. The average molecular weight is 219 g/mol. The van der Waals surface area contributed by atoms with E-state index in [1.807, 2.05) is 0 Å².